The third kappa shape index (κ3) is 4.11. The number of ether oxygens (including phenoxy) is 1. The number of piperidine rings is 1. The van der Waals surface area contributed by atoms with Crippen molar-refractivity contribution in [2.45, 2.75) is 38.7 Å². The van der Waals surface area contributed by atoms with Crippen molar-refractivity contribution in [3.05, 3.63) is 35.4 Å². The van der Waals surface area contributed by atoms with Crippen LogP contribution in [0.15, 0.2) is 24.3 Å². The molecule has 0 bridgehead atoms. The molecule has 0 saturated carbocycles. The van der Waals surface area contributed by atoms with E-state index in [0.29, 0.717) is 6.10 Å². The van der Waals surface area contributed by atoms with E-state index in [1.165, 1.54) is 43.5 Å². The Labute approximate surface area is 111 Å². The molecule has 1 aromatic carbocycles. The third-order valence-electron chi connectivity index (χ3n) is 3.87. The molecule has 2 rings (SSSR count). The summed E-state index contributed by atoms with van der Waals surface area (Å²) in [5, 5.41) is 3.48. The van der Waals surface area contributed by atoms with Gasteiger partial charge in [-0.2, -0.15) is 0 Å². The molecule has 1 aliphatic heterocycles. The average Bonchev–Trinajstić information content (AvgIpc) is 2.42. The van der Waals surface area contributed by atoms with E-state index in [1.54, 1.807) is 7.11 Å². The van der Waals surface area contributed by atoms with Gasteiger partial charge in [0.1, 0.15) is 0 Å². The highest BCUT2D eigenvalue weighted by Gasteiger charge is 2.13. The van der Waals surface area contributed by atoms with Crippen LogP contribution >= 0.6 is 0 Å². The second-order valence-electron chi connectivity index (χ2n) is 5.48. The van der Waals surface area contributed by atoms with Crippen LogP contribution in [0, 0.1) is 5.92 Å². The zero-order valence-corrected chi connectivity index (χ0v) is 11.6. The first-order valence-electron chi connectivity index (χ1n) is 7.09. The Morgan fingerprint density at radius 3 is 2.61 bits per heavy atom. The molecular formula is C16H25NO. The Kier molecular flexibility index (Phi) is 5.21. The number of hydrogen-bond acceptors (Lipinski definition) is 2. The largest absolute Gasteiger partial charge is 0.381 e. The van der Waals surface area contributed by atoms with Gasteiger partial charge in [-0.05, 0) is 62.7 Å². The predicted octanol–water partition coefficient (Wildman–Crippen LogP) is 2.81. The molecule has 1 N–H and O–H groups in total. The van der Waals surface area contributed by atoms with Crippen LogP contribution < -0.4 is 5.32 Å². The maximum Gasteiger partial charge on any atom is 0.0583 e. The van der Waals surface area contributed by atoms with Crippen LogP contribution in [0.3, 0.4) is 0 Å². The van der Waals surface area contributed by atoms with Gasteiger partial charge in [0.2, 0.25) is 0 Å². The van der Waals surface area contributed by atoms with Gasteiger partial charge >= 0.3 is 0 Å². The lowest BCUT2D eigenvalue weighted by molar-refractivity contribution is 0.119. The molecule has 2 heteroatoms. The fraction of sp³-hybridized carbons (Fsp3) is 0.625. The van der Waals surface area contributed by atoms with Crippen LogP contribution in [0.1, 0.15) is 30.9 Å². The first kappa shape index (κ1) is 13.6. The monoisotopic (exact) mass is 247 g/mol. The second kappa shape index (κ2) is 6.91. The molecule has 1 aromatic rings. The van der Waals surface area contributed by atoms with Crippen molar-refractivity contribution in [3.63, 3.8) is 0 Å². The lowest BCUT2D eigenvalue weighted by atomic mass is 9.92. The van der Waals surface area contributed by atoms with Crippen molar-refractivity contribution in [1.82, 2.24) is 5.32 Å². The summed E-state index contributed by atoms with van der Waals surface area (Å²) >= 11 is 0. The first-order valence-corrected chi connectivity index (χ1v) is 7.09. The van der Waals surface area contributed by atoms with Gasteiger partial charge in [-0.15, -0.1) is 0 Å². The molecule has 2 atom stereocenters. The Morgan fingerprint density at radius 2 is 2.00 bits per heavy atom. The van der Waals surface area contributed by atoms with E-state index in [0.717, 1.165) is 12.3 Å². The maximum atomic E-state index is 5.30. The summed E-state index contributed by atoms with van der Waals surface area (Å²) in [6.45, 7) is 4.49. The van der Waals surface area contributed by atoms with Crippen molar-refractivity contribution in [3.8, 4) is 0 Å². The van der Waals surface area contributed by atoms with Crippen LogP contribution in [0.4, 0.5) is 0 Å². The number of nitrogens with one attached hydrogen (secondary N) is 1. The van der Waals surface area contributed by atoms with Gasteiger partial charge in [0.15, 0.2) is 0 Å². The molecule has 18 heavy (non-hydrogen) atoms. The lowest BCUT2D eigenvalue weighted by Crippen LogP contribution is -2.30. The zero-order valence-electron chi connectivity index (χ0n) is 11.6. The van der Waals surface area contributed by atoms with Gasteiger partial charge in [0.25, 0.3) is 0 Å². The zero-order chi connectivity index (χ0) is 12.8. The van der Waals surface area contributed by atoms with Crippen molar-refractivity contribution in [1.29, 1.82) is 0 Å². The number of benzene rings is 1. The topological polar surface area (TPSA) is 21.3 Å². The van der Waals surface area contributed by atoms with Crippen LogP contribution in [-0.2, 0) is 17.6 Å². The summed E-state index contributed by atoms with van der Waals surface area (Å²) in [6.07, 6.45) is 5.22. The highest BCUT2D eigenvalue weighted by molar-refractivity contribution is 5.23. The fourth-order valence-corrected chi connectivity index (χ4v) is 2.66. The summed E-state index contributed by atoms with van der Waals surface area (Å²) in [6, 6.07) is 9.07. The third-order valence-corrected chi connectivity index (χ3v) is 3.87. The van der Waals surface area contributed by atoms with Gasteiger partial charge in [-0.3, -0.25) is 0 Å². The lowest BCUT2D eigenvalue weighted by Gasteiger charge is -2.22. The van der Waals surface area contributed by atoms with Gasteiger partial charge in [-0.25, -0.2) is 0 Å². The van der Waals surface area contributed by atoms with Crippen LogP contribution in [0.25, 0.3) is 0 Å². The van der Waals surface area contributed by atoms with Crippen molar-refractivity contribution in [2.24, 2.45) is 5.92 Å². The molecule has 0 spiro atoms. The van der Waals surface area contributed by atoms with Gasteiger partial charge in [0, 0.05) is 7.11 Å². The first-order chi connectivity index (χ1) is 8.78. The van der Waals surface area contributed by atoms with E-state index in [1.807, 2.05) is 0 Å². The molecule has 1 heterocycles. The van der Waals surface area contributed by atoms with E-state index in [4.69, 9.17) is 4.74 Å². The number of rotatable bonds is 5. The van der Waals surface area contributed by atoms with E-state index in [2.05, 4.69) is 36.5 Å². The Bertz CT molecular complexity index is 341. The number of hydrogen-bond donors (Lipinski definition) is 1. The fourth-order valence-electron chi connectivity index (χ4n) is 2.66. The van der Waals surface area contributed by atoms with Crippen LogP contribution in [-0.4, -0.2) is 26.3 Å². The summed E-state index contributed by atoms with van der Waals surface area (Å²) in [5.41, 5.74) is 2.84. The molecule has 1 saturated heterocycles. The second-order valence-corrected chi connectivity index (χ2v) is 5.48. The Morgan fingerprint density at radius 1 is 1.28 bits per heavy atom. The highest BCUT2D eigenvalue weighted by atomic mass is 16.5. The minimum absolute atomic E-state index is 0.304. The minimum Gasteiger partial charge on any atom is -0.381 e. The molecule has 0 aliphatic carbocycles. The average molecular weight is 247 g/mol. The maximum absolute atomic E-state index is 5.30. The standard InChI is InChI=1S/C16H25NO/c1-13(18-2)10-14-5-7-15(8-6-14)11-16-4-3-9-17-12-16/h5-8,13,16-17H,3-4,9-12H2,1-2H3. The molecule has 2 unspecified atom stereocenters. The van der Waals surface area contributed by atoms with Gasteiger partial charge < -0.3 is 10.1 Å². The van der Waals surface area contributed by atoms with Crippen molar-refractivity contribution < 1.29 is 4.74 Å². The SMILES string of the molecule is COC(C)Cc1ccc(CC2CCCNC2)cc1. The van der Waals surface area contributed by atoms with Gasteiger partial charge in [-0.1, -0.05) is 24.3 Å². The highest BCUT2D eigenvalue weighted by Crippen LogP contribution is 2.17. The van der Waals surface area contributed by atoms with Crippen LogP contribution in [0.5, 0.6) is 0 Å². The Balaban J connectivity index is 1.86. The summed E-state index contributed by atoms with van der Waals surface area (Å²) in [7, 11) is 1.77. The van der Waals surface area contributed by atoms with Crippen molar-refractivity contribution >= 4 is 0 Å². The summed E-state index contributed by atoms with van der Waals surface area (Å²) in [4.78, 5) is 0. The van der Waals surface area contributed by atoms with Crippen LogP contribution in [0.2, 0.25) is 0 Å². The van der Waals surface area contributed by atoms with E-state index in [-0.39, 0.29) is 0 Å². The van der Waals surface area contributed by atoms with E-state index < -0.39 is 0 Å². The number of methoxy groups -OCH3 is 1. The van der Waals surface area contributed by atoms with E-state index in [9.17, 15) is 0 Å². The summed E-state index contributed by atoms with van der Waals surface area (Å²) in [5.74, 6) is 0.822. The molecule has 1 fully saturated rings. The molecule has 1 aliphatic rings. The molecule has 0 aromatic heterocycles. The quantitative estimate of drug-likeness (QED) is 0.864. The normalized spacial score (nSPS) is 21.8. The molecular weight excluding hydrogens is 222 g/mol. The molecule has 2 nitrogen and oxygen atoms in total. The predicted molar refractivity (Wildman–Crippen MR) is 75.9 cm³/mol. The molecule has 0 radical (unpaired) electrons. The van der Waals surface area contributed by atoms with E-state index >= 15 is 0 Å². The Hall–Kier alpha value is -0.860. The van der Waals surface area contributed by atoms with Crippen molar-refractivity contribution in [2.75, 3.05) is 20.2 Å². The minimum atomic E-state index is 0.304. The van der Waals surface area contributed by atoms with Gasteiger partial charge in [0.05, 0.1) is 6.10 Å². The molecule has 0 amide bonds. The smallest absolute Gasteiger partial charge is 0.0583 e. The summed E-state index contributed by atoms with van der Waals surface area (Å²) < 4.78 is 5.30. The molecule has 100 valence electrons.